The van der Waals surface area contributed by atoms with E-state index >= 15 is 0 Å². The molecule has 1 aromatic heterocycles. The number of rotatable bonds is 5. The number of hydrogen-bond donors (Lipinski definition) is 1. The number of carbonyl (C=O) groups is 1. The third-order valence-corrected chi connectivity index (χ3v) is 5.52. The number of nitrogens with zero attached hydrogens (tertiary/aromatic N) is 1. The van der Waals surface area contributed by atoms with Crippen LogP contribution in [-0.2, 0) is 4.79 Å². The van der Waals surface area contributed by atoms with Gasteiger partial charge in [0.25, 0.3) is 0 Å². The number of nitrogens with two attached hydrogens (primary N) is 1. The average Bonchev–Trinajstić information content (AvgIpc) is 3.27. The van der Waals surface area contributed by atoms with Gasteiger partial charge in [-0.25, -0.2) is 0 Å². The van der Waals surface area contributed by atoms with E-state index in [1.807, 2.05) is 54.6 Å². The Morgan fingerprint density at radius 2 is 1.41 bits per heavy atom. The summed E-state index contributed by atoms with van der Waals surface area (Å²) in [7, 11) is 0. The van der Waals surface area contributed by atoms with Gasteiger partial charge in [-0.15, -0.1) is 0 Å². The first kappa shape index (κ1) is 19.6. The Hall–Kier alpha value is -4.31. The molecule has 0 amide bonds. The molecule has 0 saturated heterocycles. The summed E-state index contributed by atoms with van der Waals surface area (Å²) >= 11 is 0. The standard InChI is InChI=1S/C28H22N2O2/c1-19(31)26(29)18-23-15-16-27(32-23)30(22-11-3-2-4-12-22)28-24-13-7-5-9-20(24)17-21-10-6-8-14-25(21)28/h2-18H,29H2,1H3/b26-18+. The minimum Gasteiger partial charge on any atom is -0.440 e. The zero-order valence-corrected chi connectivity index (χ0v) is 17.7. The summed E-state index contributed by atoms with van der Waals surface area (Å²) in [4.78, 5) is 13.7. The van der Waals surface area contributed by atoms with E-state index in [1.54, 1.807) is 6.08 Å². The molecule has 4 heteroatoms. The summed E-state index contributed by atoms with van der Waals surface area (Å²) in [6.07, 6.45) is 1.57. The van der Waals surface area contributed by atoms with E-state index < -0.39 is 0 Å². The second kappa shape index (κ2) is 8.08. The molecule has 0 atom stereocenters. The number of anilines is 3. The van der Waals surface area contributed by atoms with Gasteiger partial charge >= 0.3 is 0 Å². The van der Waals surface area contributed by atoms with Crippen LogP contribution in [0.3, 0.4) is 0 Å². The van der Waals surface area contributed by atoms with Crippen molar-refractivity contribution in [1.29, 1.82) is 0 Å². The molecule has 32 heavy (non-hydrogen) atoms. The molecule has 0 saturated carbocycles. The predicted molar refractivity (Wildman–Crippen MR) is 131 cm³/mol. The zero-order valence-electron chi connectivity index (χ0n) is 17.7. The Kier molecular flexibility index (Phi) is 4.96. The Balaban J connectivity index is 1.80. The molecule has 0 bridgehead atoms. The Labute approximate surface area is 186 Å². The molecule has 4 nitrogen and oxygen atoms in total. The Morgan fingerprint density at radius 3 is 2.03 bits per heavy atom. The van der Waals surface area contributed by atoms with Gasteiger partial charge in [0.2, 0.25) is 5.88 Å². The van der Waals surface area contributed by atoms with Crippen LogP contribution in [0.5, 0.6) is 0 Å². The Morgan fingerprint density at radius 1 is 0.812 bits per heavy atom. The number of Topliss-reactive ketones (excluding diaryl/α,β-unsaturated/α-hetero) is 1. The van der Waals surface area contributed by atoms with Gasteiger partial charge in [-0.3, -0.25) is 9.69 Å². The highest BCUT2D eigenvalue weighted by Gasteiger charge is 2.21. The molecule has 4 aromatic carbocycles. The van der Waals surface area contributed by atoms with Crippen LogP contribution in [0.15, 0.2) is 107 Å². The maximum atomic E-state index is 11.6. The molecule has 0 aliphatic carbocycles. The third-order valence-electron chi connectivity index (χ3n) is 5.52. The van der Waals surface area contributed by atoms with Crippen molar-refractivity contribution in [2.45, 2.75) is 6.92 Å². The number of benzene rings is 4. The van der Waals surface area contributed by atoms with E-state index in [1.165, 1.54) is 6.92 Å². The smallest absolute Gasteiger partial charge is 0.205 e. The zero-order chi connectivity index (χ0) is 22.1. The quantitative estimate of drug-likeness (QED) is 0.248. The summed E-state index contributed by atoms with van der Waals surface area (Å²) in [6.45, 7) is 1.44. The number of ketones is 1. The molecule has 156 valence electrons. The van der Waals surface area contributed by atoms with Crippen molar-refractivity contribution < 1.29 is 9.21 Å². The van der Waals surface area contributed by atoms with Gasteiger partial charge in [0.15, 0.2) is 5.78 Å². The number of furan rings is 1. The molecule has 0 aliphatic heterocycles. The maximum Gasteiger partial charge on any atom is 0.205 e. The Bertz CT molecular complexity index is 1410. The number of para-hydroxylation sites is 1. The highest BCUT2D eigenvalue weighted by atomic mass is 16.4. The lowest BCUT2D eigenvalue weighted by Crippen LogP contribution is -2.10. The minimum absolute atomic E-state index is 0.160. The van der Waals surface area contributed by atoms with Gasteiger partial charge in [0.05, 0.1) is 11.4 Å². The summed E-state index contributed by atoms with van der Waals surface area (Å²) in [5.41, 5.74) is 8.01. The lowest BCUT2D eigenvalue weighted by atomic mass is 9.99. The predicted octanol–water partition coefficient (Wildman–Crippen LogP) is 6.94. The minimum atomic E-state index is -0.192. The molecule has 0 spiro atoms. The molecule has 1 heterocycles. The van der Waals surface area contributed by atoms with Gasteiger partial charge in [-0.1, -0.05) is 66.7 Å². The van der Waals surface area contributed by atoms with Crippen LogP contribution in [0.2, 0.25) is 0 Å². The SMILES string of the molecule is CC(=O)/C(N)=C\c1ccc(N(c2ccccc2)c2c3ccccc3cc3ccccc23)o1. The summed E-state index contributed by atoms with van der Waals surface area (Å²) < 4.78 is 6.19. The van der Waals surface area contributed by atoms with Gasteiger partial charge in [0.1, 0.15) is 5.76 Å². The first-order chi connectivity index (χ1) is 15.6. The monoisotopic (exact) mass is 418 g/mol. The van der Waals surface area contributed by atoms with Crippen molar-refractivity contribution in [3.63, 3.8) is 0 Å². The van der Waals surface area contributed by atoms with E-state index in [-0.39, 0.29) is 11.5 Å². The fourth-order valence-corrected chi connectivity index (χ4v) is 3.97. The molecule has 0 fully saturated rings. The van der Waals surface area contributed by atoms with Crippen molar-refractivity contribution >= 4 is 50.7 Å². The fourth-order valence-electron chi connectivity index (χ4n) is 3.97. The summed E-state index contributed by atoms with van der Waals surface area (Å²) in [5.74, 6) is 0.974. The lowest BCUT2D eigenvalue weighted by Gasteiger charge is -2.26. The first-order valence-corrected chi connectivity index (χ1v) is 10.5. The van der Waals surface area contributed by atoms with Gasteiger partial charge in [-0.2, -0.15) is 0 Å². The maximum absolute atomic E-state index is 11.6. The molecular formula is C28H22N2O2. The number of carbonyl (C=O) groups excluding carboxylic acids is 1. The molecule has 5 rings (SSSR count). The van der Waals surface area contributed by atoms with E-state index in [2.05, 4.69) is 47.4 Å². The first-order valence-electron chi connectivity index (χ1n) is 10.5. The van der Waals surface area contributed by atoms with Crippen LogP contribution in [-0.4, -0.2) is 5.78 Å². The van der Waals surface area contributed by atoms with Crippen LogP contribution in [0, 0.1) is 0 Å². The number of allylic oxidation sites excluding steroid dienone is 1. The van der Waals surface area contributed by atoms with Gasteiger partial charge in [0, 0.05) is 35.5 Å². The van der Waals surface area contributed by atoms with Crippen molar-refractivity contribution in [1.82, 2.24) is 0 Å². The second-order valence-corrected chi connectivity index (χ2v) is 7.67. The van der Waals surface area contributed by atoms with Crippen LogP contribution in [0.4, 0.5) is 17.3 Å². The van der Waals surface area contributed by atoms with Crippen molar-refractivity contribution in [2.24, 2.45) is 5.73 Å². The molecule has 0 radical (unpaired) electrons. The topological polar surface area (TPSA) is 59.5 Å². The molecule has 5 aromatic rings. The van der Waals surface area contributed by atoms with E-state index in [9.17, 15) is 4.79 Å². The molecule has 0 aliphatic rings. The number of hydrogen-bond acceptors (Lipinski definition) is 4. The van der Waals surface area contributed by atoms with E-state index in [4.69, 9.17) is 10.2 Å². The summed E-state index contributed by atoms with van der Waals surface area (Å²) in [6, 6.07) is 32.8. The molecule has 2 N–H and O–H groups in total. The van der Waals surface area contributed by atoms with Gasteiger partial charge < -0.3 is 10.2 Å². The molecule has 0 unspecified atom stereocenters. The second-order valence-electron chi connectivity index (χ2n) is 7.67. The van der Waals surface area contributed by atoms with Crippen molar-refractivity contribution in [2.75, 3.05) is 4.90 Å². The van der Waals surface area contributed by atoms with Crippen LogP contribution >= 0.6 is 0 Å². The van der Waals surface area contributed by atoms with E-state index in [0.717, 1.165) is 32.9 Å². The molecular weight excluding hydrogens is 396 g/mol. The average molecular weight is 418 g/mol. The normalized spacial score (nSPS) is 11.7. The van der Waals surface area contributed by atoms with Crippen LogP contribution < -0.4 is 10.6 Å². The van der Waals surface area contributed by atoms with E-state index in [0.29, 0.717) is 11.6 Å². The largest absolute Gasteiger partial charge is 0.440 e. The lowest BCUT2D eigenvalue weighted by molar-refractivity contribution is -0.113. The van der Waals surface area contributed by atoms with Crippen LogP contribution in [0.25, 0.3) is 27.6 Å². The highest BCUT2D eigenvalue weighted by Crippen LogP contribution is 2.44. The number of fused-ring (bicyclic) bond motifs is 2. The highest BCUT2D eigenvalue weighted by molar-refractivity contribution is 6.13. The summed E-state index contributed by atoms with van der Waals surface area (Å²) in [5, 5.41) is 4.53. The van der Waals surface area contributed by atoms with Crippen molar-refractivity contribution in [3.8, 4) is 0 Å². The van der Waals surface area contributed by atoms with Crippen LogP contribution in [0.1, 0.15) is 12.7 Å². The van der Waals surface area contributed by atoms with Gasteiger partial charge in [-0.05, 0) is 35.0 Å². The van der Waals surface area contributed by atoms with Crippen molar-refractivity contribution in [3.05, 3.63) is 109 Å². The fraction of sp³-hybridized carbons (Fsp3) is 0.0357. The third kappa shape index (κ3) is 3.52.